The molecule has 1 fully saturated rings. The summed E-state index contributed by atoms with van der Waals surface area (Å²) in [6.07, 6.45) is -0.354. The molecule has 1 heterocycles. The lowest BCUT2D eigenvalue weighted by molar-refractivity contribution is 0.0684. The first-order valence-corrected chi connectivity index (χ1v) is 5.53. The van der Waals surface area contributed by atoms with Crippen molar-refractivity contribution in [2.45, 2.75) is 25.5 Å². The van der Waals surface area contributed by atoms with Crippen LogP contribution in [0.2, 0.25) is 0 Å². The molecule has 2 rings (SSSR count). The Hall–Kier alpha value is -1.03. The Labute approximate surface area is 96.9 Å². The zero-order chi connectivity index (χ0) is 11.1. The highest BCUT2D eigenvalue weighted by Crippen LogP contribution is 2.34. The van der Waals surface area contributed by atoms with Crippen molar-refractivity contribution in [1.82, 2.24) is 5.32 Å². The Kier molecular flexibility index (Phi) is 2.46. The molecule has 1 aromatic rings. The van der Waals surface area contributed by atoms with E-state index in [1.165, 1.54) is 0 Å². The second kappa shape index (κ2) is 3.52. The predicted molar refractivity (Wildman–Crippen MR) is 60.6 cm³/mol. The van der Waals surface area contributed by atoms with E-state index < -0.39 is 5.60 Å². The molecule has 1 amide bonds. The molecule has 15 heavy (non-hydrogen) atoms. The smallest absolute Gasteiger partial charge is 0.408 e. The fourth-order valence-corrected chi connectivity index (χ4v) is 2.02. The third kappa shape index (κ3) is 2.00. The van der Waals surface area contributed by atoms with Gasteiger partial charge >= 0.3 is 6.09 Å². The minimum atomic E-state index is -0.495. The molecule has 3 nitrogen and oxygen atoms in total. The number of amides is 1. The molecule has 1 atom stereocenters. The van der Waals surface area contributed by atoms with E-state index in [-0.39, 0.29) is 12.1 Å². The van der Waals surface area contributed by atoms with Crippen molar-refractivity contribution >= 4 is 22.0 Å². The lowest BCUT2D eigenvalue weighted by Crippen LogP contribution is -2.30. The molecule has 0 saturated carbocycles. The maximum Gasteiger partial charge on any atom is 0.408 e. The summed E-state index contributed by atoms with van der Waals surface area (Å²) in [4.78, 5) is 11.2. The van der Waals surface area contributed by atoms with E-state index in [4.69, 9.17) is 4.74 Å². The van der Waals surface area contributed by atoms with E-state index in [1.54, 1.807) is 0 Å². The van der Waals surface area contributed by atoms with Crippen LogP contribution in [0.15, 0.2) is 28.7 Å². The fourth-order valence-electron chi connectivity index (χ4n) is 1.76. The van der Waals surface area contributed by atoms with Gasteiger partial charge < -0.3 is 10.1 Å². The maximum absolute atomic E-state index is 11.2. The molecule has 0 bridgehead atoms. The largest absolute Gasteiger partial charge is 0.441 e. The molecule has 0 aromatic heterocycles. The number of hydrogen-bond acceptors (Lipinski definition) is 2. The van der Waals surface area contributed by atoms with Crippen LogP contribution in [0, 0.1) is 0 Å². The molecule has 1 aromatic carbocycles. The number of carbonyl (C=O) groups excluding carboxylic acids is 1. The lowest BCUT2D eigenvalue weighted by atomic mass is 9.93. The van der Waals surface area contributed by atoms with Crippen LogP contribution in [-0.4, -0.2) is 11.7 Å². The van der Waals surface area contributed by atoms with E-state index >= 15 is 0 Å². The number of benzene rings is 1. The third-order valence-electron chi connectivity index (χ3n) is 2.52. The van der Waals surface area contributed by atoms with Gasteiger partial charge in [-0.15, -0.1) is 0 Å². The quantitative estimate of drug-likeness (QED) is 0.851. The van der Waals surface area contributed by atoms with Gasteiger partial charge in [0, 0.05) is 4.47 Å². The van der Waals surface area contributed by atoms with Crippen LogP contribution in [0.5, 0.6) is 0 Å². The Morgan fingerprint density at radius 1 is 1.33 bits per heavy atom. The van der Waals surface area contributed by atoms with E-state index in [9.17, 15) is 4.79 Å². The summed E-state index contributed by atoms with van der Waals surface area (Å²) in [5, 5.41) is 2.80. The number of rotatable bonds is 1. The van der Waals surface area contributed by atoms with Gasteiger partial charge in [-0.25, -0.2) is 4.79 Å². The van der Waals surface area contributed by atoms with Crippen LogP contribution in [-0.2, 0) is 4.74 Å². The molecule has 0 unspecified atom stereocenters. The van der Waals surface area contributed by atoms with Gasteiger partial charge in [-0.05, 0) is 31.5 Å². The normalized spacial score (nSPS) is 23.4. The zero-order valence-electron chi connectivity index (χ0n) is 8.58. The molecule has 1 N–H and O–H groups in total. The first-order valence-electron chi connectivity index (χ1n) is 4.74. The highest BCUT2D eigenvalue weighted by atomic mass is 79.9. The first-order chi connectivity index (χ1) is 6.99. The number of hydrogen-bond donors (Lipinski definition) is 1. The highest BCUT2D eigenvalue weighted by molar-refractivity contribution is 9.10. The van der Waals surface area contributed by atoms with Gasteiger partial charge in [0.1, 0.15) is 5.60 Å². The molecule has 1 aliphatic rings. The van der Waals surface area contributed by atoms with Crippen LogP contribution >= 0.6 is 15.9 Å². The van der Waals surface area contributed by atoms with Crippen LogP contribution in [0.4, 0.5) is 4.79 Å². The number of cyclic esters (lactones) is 1. The zero-order valence-corrected chi connectivity index (χ0v) is 10.2. The number of nitrogens with one attached hydrogen (secondary N) is 1. The van der Waals surface area contributed by atoms with Crippen molar-refractivity contribution in [3.05, 3.63) is 34.3 Å². The summed E-state index contributed by atoms with van der Waals surface area (Å²) < 4.78 is 6.21. The second-order valence-corrected chi connectivity index (χ2v) is 5.04. The number of carbonyl (C=O) groups is 1. The number of alkyl carbamates (subject to hydrolysis) is 1. The minimum Gasteiger partial charge on any atom is -0.441 e. The van der Waals surface area contributed by atoms with E-state index in [2.05, 4.69) is 21.2 Å². The van der Waals surface area contributed by atoms with Gasteiger partial charge in [-0.3, -0.25) is 0 Å². The molecule has 4 heteroatoms. The summed E-state index contributed by atoms with van der Waals surface area (Å²) in [6.45, 7) is 3.80. The fraction of sp³-hybridized carbons (Fsp3) is 0.364. The first kappa shape index (κ1) is 10.5. The summed E-state index contributed by atoms with van der Waals surface area (Å²) in [5.74, 6) is 0. The Morgan fingerprint density at radius 2 is 1.93 bits per heavy atom. The van der Waals surface area contributed by atoms with Crippen molar-refractivity contribution in [3.8, 4) is 0 Å². The Bertz CT molecular complexity index is 386. The van der Waals surface area contributed by atoms with E-state index in [0.717, 1.165) is 10.0 Å². The van der Waals surface area contributed by atoms with Gasteiger partial charge in [0.2, 0.25) is 0 Å². The molecule has 0 spiro atoms. The molecule has 0 aliphatic carbocycles. The van der Waals surface area contributed by atoms with Crippen molar-refractivity contribution in [3.63, 3.8) is 0 Å². The van der Waals surface area contributed by atoms with E-state index in [0.29, 0.717) is 0 Å². The van der Waals surface area contributed by atoms with Crippen LogP contribution in [0.3, 0.4) is 0 Å². The molecule has 0 radical (unpaired) electrons. The number of halogens is 1. The van der Waals surface area contributed by atoms with Gasteiger partial charge in [0.25, 0.3) is 0 Å². The molecular weight excluding hydrogens is 258 g/mol. The van der Waals surface area contributed by atoms with Gasteiger partial charge in [-0.2, -0.15) is 0 Å². The highest BCUT2D eigenvalue weighted by Gasteiger charge is 2.42. The summed E-state index contributed by atoms with van der Waals surface area (Å²) in [7, 11) is 0. The Morgan fingerprint density at radius 3 is 2.40 bits per heavy atom. The molecule has 1 saturated heterocycles. The summed E-state index contributed by atoms with van der Waals surface area (Å²) >= 11 is 3.38. The van der Waals surface area contributed by atoms with Gasteiger partial charge in [0.05, 0.1) is 6.04 Å². The summed E-state index contributed by atoms with van der Waals surface area (Å²) in [6, 6.07) is 7.78. The van der Waals surface area contributed by atoms with Gasteiger partial charge in [0.15, 0.2) is 0 Å². The van der Waals surface area contributed by atoms with Crippen molar-refractivity contribution in [2.24, 2.45) is 0 Å². The topological polar surface area (TPSA) is 38.3 Å². The second-order valence-electron chi connectivity index (χ2n) is 4.12. The van der Waals surface area contributed by atoms with E-state index in [1.807, 2.05) is 38.1 Å². The average molecular weight is 270 g/mol. The van der Waals surface area contributed by atoms with Crippen LogP contribution < -0.4 is 5.32 Å². The molecule has 1 aliphatic heterocycles. The summed E-state index contributed by atoms with van der Waals surface area (Å²) in [5.41, 5.74) is 0.555. The minimum absolute atomic E-state index is 0.0851. The SMILES string of the molecule is CC1(C)OC(=O)N[C@H]1c1ccc(Br)cc1. The van der Waals surface area contributed by atoms with Crippen molar-refractivity contribution in [2.75, 3.05) is 0 Å². The molecule has 80 valence electrons. The standard InChI is InChI=1S/C11H12BrNO2/c1-11(2)9(13-10(14)15-11)7-3-5-8(12)6-4-7/h3-6,9H,1-2H3,(H,13,14)/t9-/m0/s1. The Balaban J connectivity index is 2.31. The van der Waals surface area contributed by atoms with Crippen LogP contribution in [0.1, 0.15) is 25.5 Å². The third-order valence-corrected chi connectivity index (χ3v) is 3.05. The van der Waals surface area contributed by atoms with Crippen LogP contribution in [0.25, 0.3) is 0 Å². The maximum atomic E-state index is 11.2. The predicted octanol–water partition coefficient (Wildman–Crippen LogP) is 3.01. The van der Waals surface area contributed by atoms with Crippen molar-refractivity contribution < 1.29 is 9.53 Å². The molecular formula is C11H12BrNO2. The van der Waals surface area contributed by atoms with Gasteiger partial charge in [-0.1, -0.05) is 28.1 Å². The number of ether oxygens (including phenoxy) is 1. The lowest BCUT2D eigenvalue weighted by Gasteiger charge is -2.23. The van der Waals surface area contributed by atoms with Crippen molar-refractivity contribution in [1.29, 1.82) is 0 Å². The monoisotopic (exact) mass is 269 g/mol. The average Bonchev–Trinajstić information content (AvgIpc) is 2.41.